The van der Waals surface area contributed by atoms with Crippen LogP contribution in [0.5, 0.6) is 0 Å². The lowest BCUT2D eigenvalue weighted by Crippen LogP contribution is -2.41. The van der Waals surface area contributed by atoms with Crippen LogP contribution in [0, 0.1) is 0 Å². The van der Waals surface area contributed by atoms with Crippen molar-refractivity contribution in [2.24, 2.45) is 0 Å². The van der Waals surface area contributed by atoms with Gasteiger partial charge >= 0.3 is 0 Å². The Morgan fingerprint density at radius 3 is 1.12 bits per heavy atom. The van der Waals surface area contributed by atoms with E-state index in [1.54, 1.807) is 0 Å². The highest BCUT2D eigenvalue weighted by molar-refractivity contribution is 6.45. The lowest BCUT2D eigenvalue weighted by Gasteiger charge is -1.85. The van der Waals surface area contributed by atoms with Crippen LogP contribution >= 0.6 is 46.4 Å². The minimum Gasteiger partial charge on any atom is -0.498 e. The molecule has 0 spiro atoms. The molecule has 0 aromatic carbocycles. The molecule has 9 heteroatoms. The Hall–Kier alpha value is -0.880. The summed E-state index contributed by atoms with van der Waals surface area (Å²) in [5.41, 5.74) is -1.02. The van der Waals surface area contributed by atoms with Gasteiger partial charge in [0, 0.05) is 0 Å². The van der Waals surface area contributed by atoms with Gasteiger partial charge in [-0.3, -0.25) is 0 Å². The van der Waals surface area contributed by atoms with Gasteiger partial charge in [-0.1, -0.05) is 0 Å². The second-order valence-corrected chi connectivity index (χ2v) is 4.11. The van der Waals surface area contributed by atoms with E-state index >= 15 is 0 Å². The molecule has 0 unspecified atom stereocenters. The zero-order chi connectivity index (χ0) is 13.3. The molecular weight excluding hydrogens is 318 g/mol. The molecule has 0 amide bonds. The Kier molecular flexibility index (Phi) is 4.32. The third-order valence-electron chi connectivity index (χ3n) is 1.70. The van der Waals surface area contributed by atoms with E-state index in [1.807, 2.05) is 0 Å². The molecule has 0 atom stereocenters. The highest BCUT2D eigenvalue weighted by Crippen LogP contribution is 1.95. The van der Waals surface area contributed by atoms with E-state index in [0.29, 0.717) is 0 Å². The van der Waals surface area contributed by atoms with Gasteiger partial charge < -0.3 is 24.8 Å². The first-order valence-corrected chi connectivity index (χ1v) is 5.32. The predicted octanol–water partition coefficient (Wildman–Crippen LogP) is 0.730. The van der Waals surface area contributed by atoms with Crippen molar-refractivity contribution < 1.29 is 24.8 Å². The first-order chi connectivity index (χ1) is 7.77. The van der Waals surface area contributed by atoms with Crippen LogP contribution in [0.2, 0.25) is 0 Å². The van der Waals surface area contributed by atoms with Gasteiger partial charge in [0.05, 0.1) is 10.4 Å². The molecule has 0 aliphatic rings. The third-order valence-corrected chi connectivity index (χ3v) is 2.42. The fraction of sp³-hybridized carbons (Fsp3) is 0. The largest absolute Gasteiger partial charge is 0.498 e. The van der Waals surface area contributed by atoms with Crippen molar-refractivity contribution >= 4 is 67.3 Å². The lowest BCUT2D eigenvalue weighted by atomic mass is 10.3. The average Bonchev–Trinajstić information content (AvgIpc) is 2.56. The minimum absolute atomic E-state index is 0.408. The molecule has 0 aliphatic carbocycles. The topological polar surface area (TPSA) is 94.1 Å². The maximum Gasteiger partial charge on any atom is 0.229 e. The first-order valence-electron chi connectivity index (χ1n) is 3.81. The highest BCUT2D eigenvalue weighted by Gasteiger charge is 2.12. The smallest absolute Gasteiger partial charge is 0.229 e. The van der Waals surface area contributed by atoms with Gasteiger partial charge in [0.2, 0.25) is 10.4 Å². The van der Waals surface area contributed by atoms with Crippen LogP contribution in [-0.2, 0) is 0 Å². The third kappa shape index (κ3) is 2.69. The molecule has 17 heavy (non-hydrogen) atoms. The fourth-order valence-corrected chi connectivity index (χ4v) is 1.74. The molecule has 0 saturated heterocycles. The van der Waals surface area contributed by atoms with Gasteiger partial charge in [0.25, 0.3) is 0 Å². The van der Waals surface area contributed by atoms with Crippen molar-refractivity contribution in [2.45, 2.75) is 0 Å². The standard InChI is InChI=1S/C8H4Cl4O5/c9-5(13)1-2(6(10)14)4(8(12)16)17-3(1)7(11)15/h13-16H. The van der Waals surface area contributed by atoms with E-state index < -0.39 is 42.1 Å². The van der Waals surface area contributed by atoms with Crippen LogP contribution in [0.25, 0.3) is 20.9 Å². The molecule has 1 aromatic rings. The lowest BCUT2D eigenvalue weighted by molar-refractivity contribution is 0.431. The summed E-state index contributed by atoms with van der Waals surface area (Å²) in [4.78, 5) is 0. The van der Waals surface area contributed by atoms with Crippen molar-refractivity contribution in [3.63, 3.8) is 0 Å². The Labute approximate surface area is 113 Å². The van der Waals surface area contributed by atoms with Crippen LogP contribution in [0.4, 0.5) is 0 Å². The quantitative estimate of drug-likeness (QED) is 0.565. The van der Waals surface area contributed by atoms with E-state index in [1.165, 1.54) is 0 Å². The Morgan fingerprint density at radius 2 is 0.941 bits per heavy atom. The van der Waals surface area contributed by atoms with Crippen molar-refractivity contribution in [3.05, 3.63) is 21.3 Å². The zero-order valence-electron chi connectivity index (χ0n) is 7.71. The Bertz CT molecular complexity index is 612. The van der Waals surface area contributed by atoms with E-state index in [0.717, 1.165) is 0 Å². The molecule has 0 fully saturated rings. The zero-order valence-corrected chi connectivity index (χ0v) is 10.7. The van der Waals surface area contributed by atoms with Crippen LogP contribution < -0.4 is 21.3 Å². The van der Waals surface area contributed by atoms with Gasteiger partial charge in [0.1, 0.15) is 0 Å². The second-order valence-electron chi connectivity index (χ2n) is 2.67. The number of aliphatic hydroxyl groups is 4. The van der Waals surface area contributed by atoms with Crippen LogP contribution in [0.1, 0.15) is 0 Å². The van der Waals surface area contributed by atoms with E-state index in [4.69, 9.17) is 61.0 Å². The fourth-order valence-electron chi connectivity index (χ4n) is 1.12. The summed E-state index contributed by atoms with van der Waals surface area (Å²) in [6.45, 7) is 0. The van der Waals surface area contributed by atoms with Gasteiger partial charge in [-0.25, -0.2) is 0 Å². The Balaban J connectivity index is 4.42. The number of halogens is 4. The molecule has 1 heterocycles. The normalized spacial score (nSPS) is 18.6. The molecule has 4 N–H and O–H groups in total. The maximum atomic E-state index is 9.20. The van der Waals surface area contributed by atoms with E-state index in [2.05, 4.69) is 0 Å². The summed E-state index contributed by atoms with van der Waals surface area (Å²) >= 11 is 21.2. The Morgan fingerprint density at radius 1 is 0.647 bits per heavy atom. The molecule has 1 rings (SSSR count). The molecular formula is C8H4Cl4O5. The van der Waals surface area contributed by atoms with Crippen molar-refractivity contribution in [2.75, 3.05) is 0 Å². The summed E-state index contributed by atoms with van der Waals surface area (Å²) in [6.07, 6.45) is 0. The highest BCUT2D eigenvalue weighted by atomic mass is 35.5. The van der Waals surface area contributed by atoms with Gasteiger partial charge in [-0.05, 0) is 46.4 Å². The first kappa shape index (κ1) is 14.2. The van der Waals surface area contributed by atoms with Gasteiger partial charge in [0.15, 0.2) is 21.3 Å². The molecule has 94 valence electrons. The number of hydrogen-bond acceptors (Lipinski definition) is 5. The number of rotatable bonds is 0. The summed E-state index contributed by atoms with van der Waals surface area (Å²) in [5.74, 6) is 0. The van der Waals surface area contributed by atoms with E-state index in [9.17, 15) is 10.2 Å². The number of aliphatic hydroxyl groups excluding tert-OH is 4. The van der Waals surface area contributed by atoms with Gasteiger partial charge in [-0.15, -0.1) is 0 Å². The van der Waals surface area contributed by atoms with Crippen molar-refractivity contribution in [1.29, 1.82) is 0 Å². The SMILES string of the molecule is OC(Cl)=c1oc(=C(O)Cl)c(=C(O)Cl)c1=C(O)Cl. The molecule has 5 nitrogen and oxygen atoms in total. The average molecular weight is 322 g/mol. The van der Waals surface area contributed by atoms with Crippen LogP contribution in [-0.4, -0.2) is 20.4 Å². The number of furan rings is 1. The maximum absolute atomic E-state index is 9.20. The molecule has 0 saturated carbocycles. The molecule has 0 bridgehead atoms. The molecule has 0 radical (unpaired) electrons. The summed E-state index contributed by atoms with van der Waals surface area (Å²) in [7, 11) is 0. The van der Waals surface area contributed by atoms with E-state index in [-0.39, 0.29) is 0 Å². The summed E-state index contributed by atoms with van der Waals surface area (Å²) < 4.78 is 4.82. The summed E-state index contributed by atoms with van der Waals surface area (Å²) in [6, 6.07) is 0. The van der Waals surface area contributed by atoms with Crippen molar-refractivity contribution in [1.82, 2.24) is 0 Å². The molecule has 1 aromatic heterocycles. The van der Waals surface area contributed by atoms with Crippen LogP contribution in [0.3, 0.4) is 0 Å². The number of hydrogen-bond donors (Lipinski definition) is 4. The summed E-state index contributed by atoms with van der Waals surface area (Å²) in [5, 5.41) is 32.3. The monoisotopic (exact) mass is 320 g/mol. The predicted molar refractivity (Wildman–Crippen MR) is 64.8 cm³/mol. The minimum atomic E-state index is -0.879. The second kappa shape index (κ2) is 5.18. The van der Waals surface area contributed by atoms with Crippen LogP contribution in [0.15, 0.2) is 4.42 Å². The van der Waals surface area contributed by atoms with Gasteiger partial charge in [-0.2, -0.15) is 0 Å². The molecule has 0 aliphatic heterocycles. The van der Waals surface area contributed by atoms with Crippen molar-refractivity contribution in [3.8, 4) is 0 Å².